The Morgan fingerprint density at radius 2 is 2.00 bits per heavy atom. The van der Waals surface area contributed by atoms with Gasteiger partial charge in [0.2, 0.25) is 5.91 Å². The van der Waals surface area contributed by atoms with E-state index < -0.39 is 5.54 Å². The molecule has 1 saturated heterocycles. The van der Waals surface area contributed by atoms with E-state index >= 15 is 0 Å². The van der Waals surface area contributed by atoms with E-state index in [2.05, 4.69) is 38.5 Å². The van der Waals surface area contributed by atoms with Gasteiger partial charge in [0.05, 0.1) is 5.56 Å². The van der Waals surface area contributed by atoms with E-state index in [9.17, 15) is 9.59 Å². The SMILES string of the molecule is CN1CCN(C(=O)c2cc(Br)ccc2I)C(C)(C)C1=O. The lowest BCUT2D eigenvalue weighted by atomic mass is 9.96. The summed E-state index contributed by atoms with van der Waals surface area (Å²) in [5, 5.41) is 0. The topological polar surface area (TPSA) is 40.6 Å². The Morgan fingerprint density at radius 3 is 2.65 bits per heavy atom. The lowest BCUT2D eigenvalue weighted by molar-refractivity contribution is -0.144. The first-order chi connectivity index (χ1) is 9.25. The number of carbonyl (C=O) groups excluding carboxylic acids is 2. The molecule has 20 heavy (non-hydrogen) atoms. The van der Waals surface area contributed by atoms with Crippen LogP contribution in [0.5, 0.6) is 0 Å². The van der Waals surface area contributed by atoms with Gasteiger partial charge in [0.1, 0.15) is 5.54 Å². The molecule has 0 aromatic heterocycles. The van der Waals surface area contributed by atoms with Gasteiger partial charge in [0, 0.05) is 28.2 Å². The van der Waals surface area contributed by atoms with Gasteiger partial charge in [-0.25, -0.2) is 0 Å². The quantitative estimate of drug-likeness (QED) is 0.617. The molecule has 0 spiro atoms. The average Bonchev–Trinajstić information content (AvgIpc) is 2.38. The number of hydrogen-bond acceptors (Lipinski definition) is 2. The molecule has 1 aliphatic heterocycles. The van der Waals surface area contributed by atoms with E-state index in [1.54, 1.807) is 30.7 Å². The second kappa shape index (κ2) is 5.63. The highest BCUT2D eigenvalue weighted by molar-refractivity contribution is 14.1. The highest BCUT2D eigenvalue weighted by Gasteiger charge is 2.43. The molecule has 1 heterocycles. The maximum Gasteiger partial charge on any atom is 0.255 e. The minimum Gasteiger partial charge on any atom is -0.342 e. The lowest BCUT2D eigenvalue weighted by Crippen LogP contribution is -2.63. The van der Waals surface area contributed by atoms with Crippen molar-refractivity contribution in [3.05, 3.63) is 31.8 Å². The second-order valence-corrected chi connectivity index (χ2v) is 7.44. The van der Waals surface area contributed by atoms with E-state index in [4.69, 9.17) is 0 Å². The Morgan fingerprint density at radius 1 is 1.35 bits per heavy atom. The molecule has 1 aromatic rings. The first kappa shape index (κ1) is 15.8. The summed E-state index contributed by atoms with van der Waals surface area (Å²) < 4.78 is 1.75. The molecule has 0 saturated carbocycles. The predicted molar refractivity (Wildman–Crippen MR) is 89.6 cm³/mol. The maximum atomic E-state index is 12.8. The molecule has 0 radical (unpaired) electrons. The van der Waals surface area contributed by atoms with Crippen LogP contribution in [0, 0.1) is 3.57 Å². The van der Waals surface area contributed by atoms with E-state index in [0.717, 1.165) is 8.04 Å². The number of benzene rings is 1. The first-order valence-corrected chi connectivity index (χ1v) is 8.15. The van der Waals surface area contributed by atoms with Crippen molar-refractivity contribution in [2.75, 3.05) is 20.1 Å². The molecular formula is C14H16BrIN2O2. The largest absolute Gasteiger partial charge is 0.342 e. The van der Waals surface area contributed by atoms with Crippen LogP contribution in [-0.4, -0.2) is 47.3 Å². The third-order valence-corrected chi connectivity index (χ3v) is 5.04. The molecule has 2 rings (SSSR count). The van der Waals surface area contributed by atoms with Gasteiger partial charge in [-0.2, -0.15) is 0 Å². The van der Waals surface area contributed by atoms with Crippen molar-refractivity contribution in [3.8, 4) is 0 Å². The number of halogens is 2. The summed E-state index contributed by atoms with van der Waals surface area (Å²) in [6, 6.07) is 5.60. The van der Waals surface area contributed by atoms with Crippen molar-refractivity contribution in [2.45, 2.75) is 19.4 Å². The van der Waals surface area contributed by atoms with Crippen LogP contribution >= 0.6 is 38.5 Å². The van der Waals surface area contributed by atoms with Crippen LogP contribution in [0.4, 0.5) is 0 Å². The van der Waals surface area contributed by atoms with Crippen molar-refractivity contribution in [1.82, 2.24) is 9.80 Å². The van der Waals surface area contributed by atoms with Crippen LogP contribution in [0.3, 0.4) is 0 Å². The number of rotatable bonds is 1. The van der Waals surface area contributed by atoms with Gasteiger partial charge in [-0.15, -0.1) is 0 Å². The van der Waals surface area contributed by atoms with E-state index in [0.29, 0.717) is 18.7 Å². The molecule has 0 unspecified atom stereocenters. The molecule has 6 heteroatoms. The van der Waals surface area contributed by atoms with Crippen LogP contribution in [-0.2, 0) is 4.79 Å². The molecule has 2 amide bonds. The minimum atomic E-state index is -0.810. The summed E-state index contributed by atoms with van der Waals surface area (Å²) in [6.07, 6.45) is 0. The Hall–Kier alpha value is -0.630. The van der Waals surface area contributed by atoms with Crippen molar-refractivity contribution < 1.29 is 9.59 Å². The summed E-state index contributed by atoms with van der Waals surface area (Å²) >= 11 is 5.54. The molecule has 0 atom stereocenters. The molecule has 1 aromatic carbocycles. The van der Waals surface area contributed by atoms with Gasteiger partial charge in [-0.3, -0.25) is 9.59 Å². The zero-order valence-corrected chi connectivity index (χ0v) is 15.4. The average molecular weight is 451 g/mol. The molecule has 1 aliphatic rings. The van der Waals surface area contributed by atoms with Crippen LogP contribution < -0.4 is 0 Å². The molecule has 1 fully saturated rings. The monoisotopic (exact) mass is 450 g/mol. The standard InChI is InChI=1S/C14H16BrIN2O2/c1-14(2)13(20)17(3)6-7-18(14)12(19)10-8-9(15)4-5-11(10)16/h4-5,8H,6-7H2,1-3H3. The minimum absolute atomic E-state index is 0.0258. The fraction of sp³-hybridized carbons (Fsp3) is 0.429. The Bertz CT molecular complexity index is 574. The zero-order valence-electron chi connectivity index (χ0n) is 11.6. The predicted octanol–water partition coefficient (Wildman–Crippen LogP) is 2.75. The summed E-state index contributed by atoms with van der Waals surface area (Å²) in [5.74, 6) is -0.121. The molecular weight excluding hydrogens is 435 g/mol. The number of likely N-dealkylation sites (N-methyl/N-ethyl adjacent to an activating group) is 1. The van der Waals surface area contributed by atoms with Crippen molar-refractivity contribution in [1.29, 1.82) is 0 Å². The summed E-state index contributed by atoms with van der Waals surface area (Å²) in [4.78, 5) is 28.4. The third-order valence-electron chi connectivity index (χ3n) is 3.61. The highest BCUT2D eigenvalue weighted by atomic mass is 127. The smallest absolute Gasteiger partial charge is 0.255 e. The number of nitrogens with zero attached hydrogens (tertiary/aromatic N) is 2. The lowest BCUT2D eigenvalue weighted by Gasteiger charge is -2.44. The highest BCUT2D eigenvalue weighted by Crippen LogP contribution is 2.27. The second-order valence-electron chi connectivity index (χ2n) is 5.37. The van der Waals surface area contributed by atoms with Gasteiger partial charge >= 0.3 is 0 Å². The van der Waals surface area contributed by atoms with Crippen LogP contribution in [0.15, 0.2) is 22.7 Å². The molecule has 108 valence electrons. The summed E-state index contributed by atoms with van der Waals surface area (Å²) in [5.41, 5.74) is -0.180. The number of carbonyl (C=O) groups is 2. The van der Waals surface area contributed by atoms with Gasteiger partial charge < -0.3 is 9.80 Å². The number of piperazine rings is 1. The van der Waals surface area contributed by atoms with Crippen molar-refractivity contribution in [3.63, 3.8) is 0 Å². The molecule has 0 bridgehead atoms. The molecule has 0 aliphatic carbocycles. The van der Waals surface area contributed by atoms with E-state index in [1.165, 1.54) is 0 Å². The Labute approximate surface area is 140 Å². The number of hydrogen-bond donors (Lipinski definition) is 0. The third kappa shape index (κ3) is 2.72. The zero-order chi connectivity index (χ0) is 15.1. The van der Waals surface area contributed by atoms with Crippen LogP contribution in [0.2, 0.25) is 0 Å². The van der Waals surface area contributed by atoms with Crippen LogP contribution in [0.1, 0.15) is 24.2 Å². The van der Waals surface area contributed by atoms with Crippen molar-refractivity contribution >= 4 is 50.3 Å². The van der Waals surface area contributed by atoms with E-state index in [-0.39, 0.29) is 11.8 Å². The summed E-state index contributed by atoms with van der Waals surface area (Å²) in [7, 11) is 1.77. The maximum absolute atomic E-state index is 12.8. The molecule has 0 N–H and O–H groups in total. The fourth-order valence-electron chi connectivity index (χ4n) is 2.38. The van der Waals surface area contributed by atoms with Gasteiger partial charge in [0.15, 0.2) is 0 Å². The van der Waals surface area contributed by atoms with Crippen molar-refractivity contribution in [2.24, 2.45) is 0 Å². The number of amides is 2. The van der Waals surface area contributed by atoms with Gasteiger partial charge in [-0.1, -0.05) is 15.9 Å². The Balaban J connectivity index is 2.38. The normalized spacial score (nSPS) is 18.4. The summed E-state index contributed by atoms with van der Waals surface area (Å²) in [6.45, 7) is 4.72. The Kier molecular flexibility index (Phi) is 4.44. The molecule has 4 nitrogen and oxygen atoms in total. The van der Waals surface area contributed by atoms with E-state index in [1.807, 2.05) is 18.2 Å². The van der Waals surface area contributed by atoms with Crippen LogP contribution in [0.25, 0.3) is 0 Å². The first-order valence-electron chi connectivity index (χ1n) is 6.27. The fourth-order valence-corrected chi connectivity index (χ4v) is 3.30. The van der Waals surface area contributed by atoms with Gasteiger partial charge in [0.25, 0.3) is 5.91 Å². The van der Waals surface area contributed by atoms with Gasteiger partial charge in [-0.05, 0) is 54.6 Å².